The van der Waals surface area contributed by atoms with Gasteiger partial charge in [0.1, 0.15) is 5.82 Å². The van der Waals surface area contributed by atoms with Crippen molar-refractivity contribution in [2.45, 2.75) is 45.6 Å². The van der Waals surface area contributed by atoms with E-state index >= 15 is 0 Å². The Hall–Kier alpha value is -2.04. The largest absolute Gasteiger partial charge is 0.465 e. The lowest BCUT2D eigenvalue weighted by atomic mass is 9.60. The fourth-order valence-electron chi connectivity index (χ4n) is 3.88. The summed E-state index contributed by atoms with van der Waals surface area (Å²) in [4.78, 5) is 17.6. The van der Waals surface area contributed by atoms with Crippen molar-refractivity contribution < 1.29 is 9.90 Å². The summed E-state index contributed by atoms with van der Waals surface area (Å²) in [5, 5.41) is 11.4. The Morgan fingerprint density at radius 2 is 2.04 bits per heavy atom. The smallest absolute Gasteiger partial charge is 0.404 e. The summed E-state index contributed by atoms with van der Waals surface area (Å²) in [6, 6.07) is 4.37. The molecule has 23 heavy (non-hydrogen) atoms. The summed E-state index contributed by atoms with van der Waals surface area (Å²) < 4.78 is 0. The van der Waals surface area contributed by atoms with Crippen LogP contribution in [0.15, 0.2) is 23.9 Å². The molecule has 2 fully saturated rings. The van der Waals surface area contributed by atoms with Gasteiger partial charge in [-0.05, 0) is 62.6 Å². The Morgan fingerprint density at radius 1 is 1.35 bits per heavy atom. The second kappa shape index (κ2) is 6.22. The van der Waals surface area contributed by atoms with E-state index in [1.54, 1.807) is 0 Å². The number of aromatic nitrogens is 1. The topological polar surface area (TPSA) is 65.5 Å². The molecule has 1 amide bonds. The first kappa shape index (κ1) is 15.8. The molecule has 1 aliphatic heterocycles. The van der Waals surface area contributed by atoms with Crippen molar-refractivity contribution in [1.29, 1.82) is 0 Å². The maximum absolute atomic E-state index is 10.7. The van der Waals surface area contributed by atoms with E-state index in [2.05, 4.69) is 47.3 Å². The monoisotopic (exact) mass is 315 g/mol. The highest BCUT2D eigenvalue weighted by Crippen LogP contribution is 2.49. The highest BCUT2D eigenvalue weighted by molar-refractivity contribution is 5.65. The van der Waals surface area contributed by atoms with E-state index in [1.807, 2.05) is 6.20 Å². The lowest BCUT2D eigenvalue weighted by Crippen LogP contribution is -2.54. The van der Waals surface area contributed by atoms with Crippen LogP contribution in [0.2, 0.25) is 0 Å². The number of amides is 1. The first-order chi connectivity index (χ1) is 11.0. The van der Waals surface area contributed by atoms with Crippen LogP contribution in [0.4, 0.5) is 10.6 Å². The molecule has 5 heteroatoms. The van der Waals surface area contributed by atoms with Gasteiger partial charge in [-0.25, -0.2) is 9.78 Å². The van der Waals surface area contributed by atoms with Crippen LogP contribution in [0.3, 0.4) is 0 Å². The normalized spacial score (nSPS) is 20.0. The SMILES string of the molecule is CC(C)=Cc1ccc(N2CCC3(CC2)CC(NC(=O)O)C3)nc1. The van der Waals surface area contributed by atoms with Gasteiger partial charge in [-0.2, -0.15) is 0 Å². The average molecular weight is 315 g/mol. The number of carbonyl (C=O) groups is 1. The van der Waals surface area contributed by atoms with Gasteiger partial charge in [0.2, 0.25) is 0 Å². The first-order valence-corrected chi connectivity index (χ1v) is 8.31. The van der Waals surface area contributed by atoms with Crippen molar-refractivity contribution in [3.63, 3.8) is 0 Å². The molecule has 1 aliphatic carbocycles. The Labute approximate surface area is 137 Å². The molecule has 0 unspecified atom stereocenters. The third-order valence-electron chi connectivity index (χ3n) is 5.06. The van der Waals surface area contributed by atoms with Gasteiger partial charge >= 0.3 is 6.09 Å². The third-order valence-corrected chi connectivity index (χ3v) is 5.06. The molecule has 0 atom stereocenters. The predicted molar refractivity (Wildman–Crippen MR) is 91.6 cm³/mol. The zero-order valence-electron chi connectivity index (χ0n) is 13.9. The van der Waals surface area contributed by atoms with Crippen LogP contribution in [-0.4, -0.2) is 35.3 Å². The average Bonchev–Trinajstić information content (AvgIpc) is 2.46. The summed E-state index contributed by atoms with van der Waals surface area (Å²) in [5.74, 6) is 1.05. The summed E-state index contributed by atoms with van der Waals surface area (Å²) in [7, 11) is 0. The Morgan fingerprint density at radius 3 is 2.57 bits per heavy atom. The van der Waals surface area contributed by atoms with E-state index in [-0.39, 0.29) is 6.04 Å². The van der Waals surface area contributed by atoms with E-state index in [0.29, 0.717) is 5.41 Å². The second-order valence-electron chi connectivity index (χ2n) is 7.21. The molecule has 5 nitrogen and oxygen atoms in total. The van der Waals surface area contributed by atoms with E-state index in [0.717, 1.165) is 50.2 Å². The summed E-state index contributed by atoms with van der Waals surface area (Å²) >= 11 is 0. The molecule has 1 spiro atoms. The molecular formula is C18H25N3O2. The molecule has 1 aromatic heterocycles. The minimum absolute atomic E-state index is 0.153. The van der Waals surface area contributed by atoms with Gasteiger partial charge in [-0.15, -0.1) is 0 Å². The molecule has 1 saturated heterocycles. The van der Waals surface area contributed by atoms with Crippen LogP contribution in [0.1, 0.15) is 45.1 Å². The van der Waals surface area contributed by atoms with Crippen molar-refractivity contribution in [2.24, 2.45) is 5.41 Å². The number of hydrogen-bond acceptors (Lipinski definition) is 3. The van der Waals surface area contributed by atoms with Crippen LogP contribution in [-0.2, 0) is 0 Å². The van der Waals surface area contributed by atoms with Gasteiger partial charge < -0.3 is 15.3 Å². The molecule has 2 N–H and O–H groups in total. The fourth-order valence-corrected chi connectivity index (χ4v) is 3.88. The molecule has 3 rings (SSSR count). The van der Waals surface area contributed by atoms with Gasteiger partial charge in [0.15, 0.2) is 0 Å². The first-order valence-electron chi connectivity index (χ1n) is 8.31. The third kappa shape index (κ3) is 3.66. The van der Waals surface area contributed by atoms with Crippen LogP contribution in [0, 0.1) is 5.41 Å². The van der Waals surface area contributed by atoms with Crippen LogP contribution in [0.5, 0.6) is 0 Å². The standard InChI is InChI=1S/C18H25N3O2/c1-13(2)9-14-3-4-16(19-12-14)21-7-5-18(6-8-21)10-15(11-18)20-17(22)23/h3-4,9,12,15,20H,5-8,10-11H2,1-2H3,(H,22,23). The maximum Gasteiger partial charge on any atom is 0.404 e. The highest BCUT2D eigenvalue weighted by atomic mass is 16.4. The maximum atomic E-state index is 10.7. The van der Waals surface area contributed by atoms with Crippen LogP contribution in [0.25, 0.3) is 6.08 Å². The molecule has 124 valence electrons. The van der Waals surface area contributed by atoms with Crippen LogP contribution >= 0.6 is 0 Å². The number of rotatable bonds is 3. The predicted octanol–water partition coefficient (Wildman–Crippen LogP) is 3.52. The molecular weight excluding hydrogens is 290 g/mol. The zero-order chi connectivity index (χ0) is 16.4. The molecule has 0 radical (unpaired) electrons. The molecule has 1 saturated carbocycles. The summed E-state index contributed by atoms with van der Waals surface area (Å²) in [5.41, 5.74) is 2.77. The number of anilines is 1. The molecule has 2 aliphatic rings. The lowest BCUT2D eigenvalue weighted by Gasteiger charge is -2.52. The van der Waals surface area contributed by atoms with Crippen LogP contribution < -0.4 is 10.2 Å². The van der Waals surface area contributed by atoms with Crippen molar-refractivity contribution >= 4 is 18.0 Å². The zero-order valence-corrected chi connectivity index (χ0v) is 13.9. The number of carboxylic acid groups (broad SMARTS) is 1. The van der Waals surface area contributed by atoms with E-state index in [9.17, 15) is 4.79 Å². The van der Waals surface area contributed by atoms with Gasteiger partial charge in [-0.3, -0.25) is 0 Å². The van der Waals surface area contributed by atoms with Crippen molar-refractivity contribution in [3.8, 4) is 0 Å². The Balaban J connectivity index is 1.53. The summed E-state index contributed by atoms with van der Waals surface area (Å²) in [6.45, 7) is 6.19. The van der Waals surface area contributed by atoms with E-state index in [1.165, 1.54) is 5.57 Å². The number of nitrogens with zero attached hydrogens (tertiary/aromatic N) is 2. The number of pyridine rings is 1. The molecule has 0 bridgehead atoms. The van der Waals surface area contributed by atoms with E-state index in [4.69, 9.17) is 5.11 Å². The number of hydrogen-bond donors (Lipinski definition) is 2. The Kier molecular flexibility index (Phi) is 4.28. The molecule has 0 aromatic carbocycles. The van der Waals surface area contributed by atoms with Gasteiger partial charge in [0, 0.05) is 25.3 Å². The number of allylic oxidation sites excluding steroid dienone is 1. The van der Waals surface area contributed by atoms with Crippen molar-refractivity contribution in [1.82, 2.24) is 10.3 Å². The van der Waals surface area contributed by atoms with Crippen molar-refractivity contribution in [3.05, 3.63) is 29.5 Å². The van der Waals surface area contributed by atoms with Gasteiger partial charge in [-0.1, -0.05) is 11.6 Å². The minimum atomic E-state index is -0.900. The fraction of sp³-hybridized carbons (Fsp3) is 0.556. The summed E-state index contributed by atoms with van der Waals surface area (Å²) in [6.07, 6.45) is 7.39. The quantitative estimate of drug-likeness (QED) is 0.895. The Bertz CT molecular complexity index is 589. The van der Waals surface area contributed by atoms with Gasteiger partial charge in [0.05, 0.1) is 0 Å². The van der Waals surface area contributed by atoms with Gasteiger partial charge in [0.25, 0.3) is 0 Å². The minimum Gasteiger partial charge on any atom is -0.465 e. The second-order valence-corrected chi connectivity index (χ2v) is 7.21. The van der Waals surface area contributed by atoms with E-state index < -0.39 is 6.09 Å². The number of nitrogens with one attached hydrogen (secondary N) is 1. The highest BCUT2D eigenvalue weighted by Gasteiger charge is 2.46. The molecule has 1 aromatic rings. The van der Waals surface area contributed by atoms with Crippen molar-refractivity contribution in [2.75, 3.05) is 18.0 Å². The lowest BCUT2D eigenvalue weighted by molar-refractivity contribution is 0.0529. The number of piperidine rings is 1. The molecule has 2 heterocycles.